The van der Waals surface area contributed by atoms with Crippen molar-refractivity contribution in [3.8, 4) is 0 Å². The second kappa shape index (κ2) is 4.37. The fourth-order valence-corrected chi connectivity index (χ4v) is 1.51. The van der Waals surface area contributed by atoms with Crippen molar-refractivity contribution in [1.29, 1.82) is 0 Å². The summed E-state index contributed by atoms with van der Waals surface area (Å²) in [5.74, 6) is -2.08. The van der Waals surface area contributed by atoms with Crippen LogP contribution in [0.2, 0.25) is 0 Å². The van der Waals surface area contributed by atoms with Crippen LogP contribution < -0.4 is 0 Å². The molecule has 4 nitrogen and oxygen atoms in total. The first-order valence-electron chi connectivity index (χ1n) is 5.05. The Bertz CT molecular complexity index is 532. The monoisotopic (exact) mass is 232 g/mol. The van der Waals surface area contributed by atoms with Crippen LogP contribution in [0.4, 0.5) is 4.39 Å². The van der Waals surface area contributed by atoms with Crippen LogP contribution in [0, 0.1) is 5.82 Å². The average molecular weight is 232 g/mol. The van der Waals surface area contributed by atoms with Crippen molar-refractivity contribution >= 4 is 11.7 Å². The molecule has 1 heterocycles. The number of benzene rings is 1. The van der Waals surface area contributed by atoms with Crippen molar-refractivity contribution in [3.63, 3.8) is 0 Å². The van der Waals surface area contributed by atoms with E-state index in [4.69, 9.17) is 0 Å². The first kappa shape index (κ1) is 11.3. The van der Waals surface area contributed by atoms with E-state index in [0.29, 0.717) is 5.70 Å². The van der Waals surface area contributed by atoms with Gasteiger partial charge in [0.05, 0.1) is 5.70 Å². The Kier molecular flexibility index (Phi) is 2.91. The smallest absolute Gasteiger partial charge is 0.284 e. The molecule has 5 heteroatoms. The molecule has 86 valence electrons. The van der Waals surface area contributed by atoms with Crippen molar-refractivity contribution < 1.29 is 14.0 Å². The van der Waals surface area contributed by atoms with E-state index in [1.165, 1.54) is 18.2 Å². The van der Waals surface area contributed by atoms with E-state index in [2.05, 4.69) is 10.2 Å². The first-order valence-corrected chi connectivity index (χ1v) is 5.05. The number of carbonyl (C=O) groups excluding carboxylic acids is 2. The van der Waals surface area contributed by atoms with Crippen LogP contribution in [0.3, 0.4) is 0 Å². The number of carbonyl (C=O) groups is 2. The summed E-state index contributed by atoms with van der Waals surface area (Å²) in [4.78, 5) is 22.0. The number of nitrogens with zero attached hydrogens (tertiary/aromatic N) is 2. The molecule has 0 N–H and O–H groups in total. The number of ketones is 1. The summed E-state index contributed by atoms with van der Waals surface area (Å²) < 4.78 is 12.8. The summed E-state index contributed by atoms with van der Waals surface area (Å²) in [6, 6.07) is 5.88. The lowest BCUT2D eigenvalue weighted by atomic mass is 9.97. The van der Waals surface area contributed by atoms with E-state index in [1.807, 2.05) is 0 Å². The highest BCUT2D eigenvalue weighted by molar-refractivity contribution is 6.41. The van der Waals surface area contributed by atoms with Crippen LogP contribution in [-0.4, -0.2) is 11.7 Å². The van der Waals surface area contributed by atoms with Crippen molar-refractivity contribution in [2.45, 2.75) is 12.8 Å². The molecule has 2 rings (SSSR count). The van der Waals surface area contributed by atoms with Gasteiger partial charge in [-0.05, 0) is 17.7 Å². The molecule has 0 saturated heterocycles. The number of halogens is 1. The van der Waals surface area contributed by atoms with Gasteiger partial charge in [-0.2, -0.15) is 5.11 Å². The molecule has 0 aromatic heterocycles. The molecule has 0 fully saturated rings. The van der Waals surface area contributed by atoms with Gasteiger partial charge in [-0.15, -0.1) is 5.11 Å². The Hall–Kier alpha value is -2.17. The number of hydrogen-bond donors (Lipinski definition) is 0. The molecular weight excluding hydrogens is 223 g/mol. The number of allylic oxidation sites excluding steroid dienone is 1. The van der Waals surface area contributed by atoms with Crippen LogP contribution in [0.15, 0.2) is 46.3 Å². The highest BCUT2D eigenvalue weighted by Gasteiger charge is 2.21. The largest absolute Gasteiger partial charge is 0.335 e. The first-order chi connectivity index (χ1) is 8.08. The maximum atomic E-state index is 12.8. The third kappa shape index (κ3) is 2.33. The van der Waals surface area contributed by atoms with E-state index in [0.717, 1.165) is 5.56 Å². The zero-order chi connectivity index (χ0) is 12.4. The normalized spacial score (nSPS) is 16.9. The van der Waals surface area contributed by atoms with Gasteiger partial charge >= 0.3 is 5.91 Å². The topological polar surface area (TPSA) is 58.9 Å². The highest BCUT2D eigenvalue weighted by atomic mass is 19.1. The van der Waals surface area contributed by atoms with Gasteiger partial charge in [0.25, 0.3) is 0 Å². The number of hydrogen-bond acceptors (Lipinski definition) is 3. The second-order valence-electron chi connectivity index (χ2n) is 3.71. The molecule has 1 aromatic carbocycles. The summed E-state index contributed by atoms with van der Waals surface area (Å²) in [6.07, 6.45) is 1.17. The summed E-state index contributed by atoms with van der Waals surface area (Å²) in [7, 11) is 0. The molecule has 0 aliphatic carbocycles. The molecule has 1 aliphatic heterocycles. The van der Waals surface area contributed by atoms with Gasteiger partial charge in [-0.3, -0.25) is 9.59 Å². The van der Waals surface area contributed by atoms with Gasteiger partial charge < -0.3 is 0 Å². The predicted octanol–water partition coefficient (Wildman–Crippen LogP) is 2.37. The van der Waals surface area contributed by atoms with Gasteiger partial charge in [0.2, 0.25) is 5.78 Å². The third-order valence-electron chi connectivity index (χ3n) is 2.56. The van der Waals surface area contributed by atoms with Gasteiger partial charge in [0.1, 0.15) is 5.82 Å². The quantitative estimate of drug-likeness (QED) is 0.735. The van der Waals surface area contributed by atoms with Crippen LogP contribution in [0.5, 0.6) is 0 Å². The van der Waals surface area contributed by atoms with Crippen molar-refractivity contribution in [1.82, 2.24) is 0 Å². The molecule has 0 saturated carbocycles. The minimum atomic E-state index is -0.861. The zero-order valence-corrected chi connectivity index (χ0v) is 9.05. The maximum absolute atomic E-state index is 12.8. The summed E-state index contributed by atoms with van der Waals surface area (Å²) in [6.45, 7) is 1.81. The van der Waals surface area contributed by atoms with Crippen LogP contribution in [0.25, 0.3) is 0 Å². The number of azo groups is 1. The fraction of sp³-hybridized carbons (Fsp3) is 0.167. The lowest BCUT2D eigenvalue weighted by Crippen LogP contribution is -2.13. The molecule has 0 radical (unpaired) electrons. The van der Waals surface area contributed by atoms with Crippen molar-refractivity contribution in [2.75, 3.05) is 0 Å². The van der Waals surface area contributed by atoms with Crippen molar-refractivity contribution in [2.24, 2.45) is 10.2 Å². The summed E-state index contributed by atoms with van der Waals surface area (Å²) in [5.41, 5.74) is 1.21. The van der Waals surface area contributed by atoms with Gasteiger partial charge in [0.15, 0.2) is 0 Å². The predicted molar refractivity (Wildman–Crippen MR) is 57.8 cm³/mol. The Morgan fingerprint density at radius 1 is 1.12 bits per heavy atom. The lowest BCUT2D eigenvalue weighted by molar-refractivity contribution is -0.133. The summed E-state index contributed by atoms with van der Waals surface area (Å²) >= 11 is 0. The van der Waals surface area contributed by atoms with Gasteiger partial charge in [-0.1, -0.05) is 19.1 Å². The Balaban J connectivity index is 2.27. The molecule has 0 spiro atoms. The average Bonchev–Trinajstić information content (AvgIpc) is 2.33. The van der Waals surface area contributed by atoms with E-state index in [1.54, 1.807) is 19.1 Å². The molecule has 1 atom stereocenters. The lowest BCUT2D eigenvalue weighted by Gasteiger charge is -2.12. The van der Waals surface area contributed by atoms with E-state index in [-0.39, 0.29) is 11.7 Å². The van der Waals surface area contributed by atoms with Crippen molar-refractivity contribution in [3.05, 3.63) is 47.4 Å². The standard InChI is InChI=1S/C12H9FN2O2/c1-7(8-2-4-9(13)5-3-8)10-6-11(16)12(17)15-14-10/h2-7H,1H3. The fourth-order valence-electron chi connectivity index (χ4n) is 1.51. The molecule has 1 unspecified atom stereocenters. The molecule has 1 aliphatic rings. The van der Waals surface area contributed by atoms with E-state index < -0.39 is 11.7 Å². The maximum Gasteiger partial charge on any atom is 0.335 e. The molecule has 0 bridgehead atoms. The number of rotatable bonds is 2. The van der Waals surface area contributed by atoms with E-state index >= 15 is 0 Å². The minimum Gasteiger partial charge on any atom is -0.284 e. The molecule has 1 aromatic rings. The molecular formula is C12H9FN2O2. The minimum absolute atomic E-state index is 0.212. The molecule has 17 heavy (non-hydrogen) atoms. The van der Waals surface area contributed by atoms with Crippen LogP contribution in [0.1, 0.15) is 18.4 Å². The van der Waals surface area contributed by atoms with E-state index in [9.17, 15) is 14.0 Å². The second-order valence-corrected chi connectivity index (χ2v) is 3.71. The van der Waals surface area contributed by atoms with Crippen LogP contribution in [-0.2, 0) is 9.59 Å². The van der Waals surface area contributed by atoms with Gasteiger partial charge in [0, 0.05) is 12.0 Å². The zero-order valence-electron chi connectivity index (χ0n) is 9.05. The Morgan fingerprint density at radius 2 is 1.76 bits per heavy atom. The Labute approximate surface area is 96.9 Å². The SMILES string of the molecule is CC(C1=CC(=O)C(=O)N=N1)c1ccc(F)cc1. The van der Waals surface area contributed by atoms with Crippen LogP contribution >= 0.6 is 0 Å². The highest BCUT2D eigenvalue weighted by Crippen LogP contribution is 2.26. The third-order valence-corrected chi connectivity index (χ3v) is 2.56. The number of amides is 1. The van der Waals surface area contributed by atoms with Gasteiger partial charge in [-0.25, -0.2) is 4.39 Å². The molecule has 1 amide bonds. The summed E-state index contributed by atoms with van der Waals surface area (Å²) in [5, 5.41) is 6.93. The Morgan fingerprint density at radius 3 is 2.35 bits per heavy atom.